The van der Waals surface area contributed by atoms with E-state index in [9.17, 15) is 14.4 Å². The van der Waals surface area contributed by atoms with Gasteiger partial charge in [0.1, 0.15) is 0 Å². The van der Waals surface area contributed by atoms with E-state index >= 15 is 0 Å². The summed E-state index contributed by atoms with van der Waals surface area (Å²) in [6.07, 6.45) is 6.73. The maximum atomic E-state index is 12.0. The molecule has 1 saturated heterocycles. The number of nitrogens with one attached hydrogen (secondary N) is 2. The number of carbonyl (C=O) groups excluding carboxylic acids is 3. The molecule has 0 spiro atoms. The van der Waals surface area contributed by atoms with Gasteiger partial charge >= 0.3 is 17.8 Å². The second kappa shape index (κ2) is 11.9. The Morgan fingerprint density at radius 3 is 2.16 bits per heavy atom. The molecule has 2 aromatic rings. The Bertz CT molecular complexity index is 902. The zero-order valence-electron chi connectivity index (χ0n) is 18.6. The number of methoxy groups -OCH3 is 1. The minimum absolute atomic E-state index is 0.370. The first-order valence-electron chi connectivity index (χ1n) is 11.2. The lowest BCUT2D eigenvalue weighted by Gasteiger charge is -2.22. The molecule has 0 saturated carbocycles. The highest BCUT2D eigenvalue weighted by Gasteiger charge is 2.14. The highest BCUT2D eigenvalue weighted by molar-refractivity contribution is 6.39. The third-order valence-electron chi connectivity index (χ3n) is 5.61. The van der Waals surface area contributed by atoms with Crippen molar-refractivity contribution in [3.05, 3.63) is 59.7 Å². The predicted octanol–water partition coefficient (Wildman–Crippen LogP) is 3.54. The lowest BCUT2D eigenvalue weighted by Crippen LogP contribution is -2.36. The number of anilines is 2. The lowest BCUT2D eigenvalue weighted by molar-refractivity contribution is -0.136. The van der Waals surface area contributed by atoms with E-state index in [0.29, 0.717) is 17.8 Å². The van der Waals surface area contributed by atoms with E-state index in [-0.39, 0.29) is 0 Å². The van der Waals surface area contributed by atoms with Crippen molar-refractivity contribution in [2.75, 3.05) is 37.0 Å². The number of amides is 2. The molecule has 7 nitrogen and oxygen atoms in total. The molecule has 0 atom stereocenters. The molecule has 7 heteroatoms. The number of esters is 1. The molecule has 2 N–H and O–H groups in total. The minimum atomic E-state index is -0.738. The van der Waals surface area contributed by atoms with Crippen LogP contribution >= 0.6 is 0 Å². The van der Waals surface area contributed by atoms with Gasteiger partial charge in [-0.1, -0.05) is 25.0 Å². The molecule has 1 aliphatic rings. The average molecular weight is 438 g/mol. The van der Waals surface area contributed by atoms with Crippen LogP contribution in [-0.2, 0) is 20.7 Å². The maximum absolute atomic E-state index is 12.0. The fourth-order valence-corrected chi connectivity index (χ4v) is 3.77. The molecule has 1 heterocycles. The number of rotatable bonds is 7. The number of nitrogens with zero attached hydrogens (tertiary/aromatic N) is 1. The second-order valence-electron chi connectivity index (χ2n) is 7.95. The van der Waals surface area contributed by atoms with Gasteiger partial charge in [-0.15, -0.1) is 0 Å². The maximum Gasteiger partial charge on any atom is 0.337 e. The van der Waals surface area contributed by atoms with Gasteiger partial charge < -0.3 is 20.3 Å². The number of ether oxygens (including phenoxy) is 1. The third-order valence-corrected chi connectivity index (χ3v) is 5.61. The molecular weight excluding hydrogens is 406 g/mol. The van der Waals surface area contributed by atoms with Gasteiger partial charge in [0.05, 0.1) is 12.7 Å². The molecule has 0 bridgehead atoms. The highest BCUT2D eigenvalue weighted by atomic mass is 16.5. The Morgan fingerprint density at radius 1 is 0.875 bits per heavy atom. The van der Waals surface area contributed by atoms with Crippen LogP contribution in [0.25, 0.3) is 0 Å². The number of carbonyl (C=O) groups is 3. The molecule has 170 valence electrons. The van der Waals surface area contributed by atoms with E-state index in [1.54, 1.807) is 12.1 Å². The van der Waals surface area contributed by atoms with E-state index in [4.69, 9.17) is 0 Å². The summed E-state index contributed by atoms with van der Waals surface area (Å²) in [6, 6.07) is 14.8. The van der Waals surface area contributed by atoms with E-state index in [0.717, 1.165) is 25.9 Å². The van der Waals surface area contributed by atoms with Crippen molar-refractivity contribution in [2.45, 2.75) is 38.5 Å². The van der Waals surface area contributed by atoms with Crippen LogP contribution in [0.1, 0.15) is 48.0 Å². The normalized spacial score (nSPS) is 13.7. The molecule has 32 heavy (non-hydrogen) atoms. The van der Waals surface area contributed by atoms with Crippen molar-refractivity contribution < 1.29 is 19.1 Å². The average Bonchev–Trinajstić information content (AvgIpc) is 3.11. The molecule has 3 rings (SSSR count). The monoisotopic (exact) mass is 437 g/mol. The largest absolute Gasteiger partial charge is 0.465 e. The van der Waals surface area contributed by atoms with Crippen LogP contribution in [0.5, 0.6) is 0 Å². The first-order valence-corrected chi connectivity index (χ1v) is 11.2. The summed E-state index contributed by atoms with van der Waals surface area (Å²) in [5, 5.41) is 5.17. The van der Waals surface area contributed by atoms with Crippen molar-refractivity contribution in [2.24, 2.45) is 0 Å². The van der Waals surface area contributed by atoms with E-state index in [1.807, 2.05) is 0 Å². The fraction of sp³-hybridized carbons (Fsp3) is 0.400. The smallest absolute Gasteiger partial charge is 0.337 e. The quantitative estimate of drug-likeness (QED) is 0.393. The second-order valence-corrected chi connectivity index (χ2v) is 7.95. The summed E-state index contributed by atoms with van der Waals surface area (Å²) in [7, 11) is 1.30. The van der Waals surface area contributed by atoms with Crippen LogP contribution in [0, 0.1) is 0 Å². The number of aryl methyl sites for hydroxylation is 1. The van der Waals surface area contributed by atoms with Gasteiger partial charge in [-0.25, -0.2) is 4.79 Å². The van der Waals surface area contributed by atoms with Gasteiger partial charge in [0.25, 0.3) is 0 Å². The Kier molecular flexibility index (Phi) is 8.66. The molecule has 1 fully saturated rings. The van der Waals surface area contributed by atoms with Gasteiger partial charge in [0.15, 0.2) is 0 Å². The Morgan fingerprint density at radius 2 is 1.53 bits per heavy atom. The summed E-state index contributed by atoms with van der Waals surface area (Å²) < 4.78 is 4.63. The minimum Gasteiger partial charge on any atom is -0.465 e. The van der Waals surface area contributed by atoms with Crippen molar-refractivity contribution in [3.8, 4) is 0 Å². The number of hydrogen-bond acceptors (Lipinski definition) is 5. The Hall–Kier alpha value is -3.35. The lowest BCUT2D eigenvalue weighted by atomic mass is 10.1. The van der Waals surface area contributed by atoms with Crippen LogP contribution in [0.15, 0.2) is 48.5 Å². The summed E-state index contributed by atoms with van der Waals surface area (Å²) in [4.78, 5) is 38.0. The van der Waals surface area contributed by atoms with Crippen LogP contribution in [0.3, 0.4) is 0 Å². The van der Waals surface area contributed by atoms with E-state index in [1.165, 1.54) is 56.2 Å². The summed E-state index contributed by atoms with van der Waals surface area (Å²) in [5.41, 5.74) is 3.30. The number of hydrogen-bond donors (Lipinski definition) is 2. The standard InChI is InChI=1S/C25H31N3O4/c1-32-25(31)20-10-12-21(13-11-20)27-24(30)23(29)26-16-6-7-19-8-14-22(15-9-19)28-17-4-2-3-5-18-28/h8-15H,2-7,16-18H2,1H3,(H,26,29)(H,27,30). The van der Waals surface area contributed by atoms with E-state index < -0.39 is 17.8 Å². The fourth-order valence-electron chi connectivity index (χ4n) is 3.77. The molecule has 1 aliphatic heterocycles. The van der Waals surface area contributed by atoms with Gasteiger partial charge in [-0.2, -0.15) is 0 Å². The zero-order valence-corrected chi connectivity index (χ0v) is 18.6. The van der Waals surface area contributed by atoms with Gasteiger partial charge in [-0.3, -0.25) is 9.59 Å². The molecule has 0 unspecified atom stereocenters. The van der Waals surface area contributed by atoms with Crippen LogP contribution in [0.2, 0.25) is 0 Å². The SMILES string of the molecule is COC(=O)c1ccc(NC(=O)C(=O)NCCCc2ccc(N3CCCCCC3)cc2)cc1. The van der Waals surface area contributed by atoms with Crippen LogP contribution in [-0.4, -0.2) is 44.5 Å². The summed E-state index contributed by atoms with van der Waals surface area (Å²) in [6.45, 7) is 2.67. The van der Waals surface area contributed by atoms with Gasteiger partial charge in [0.2, 0.25) is 0 Å². The number of benzene rings is 2. The molecule has 0 aromatic heterocycles. The first kappa shape index (κ1) is 23.3. The van der Waals surface area contributed by atoms with Crippen molar-refractivity contribution in [3.63, 3.8) is 0 Å². The van der Waals surface area contributed by atoms with E-state index in [2.05, 4.69) is 44.5 Å². The Balaban J connectivity index is 1.38. The van der Waals surface area contributed by atoms with Gasteiger partial charge in [-0.05, 0) is 67.6 Å². The van der Waals surface area contributed by atoms with Crippen molar-refractivity contribution >= 4 is 29.2 Å². The van der Waals surface area contributed by atoms with Crippen LogP contribution < -0.4 is 15.5 Å². The van der Waals surface area contributed by atoms with Crippen molar-refractivity contribution in [1.82, 2.24) is 5.32 Å². The molecule has 2 amide bonds. The van der Waals surface area contributed by atoms with Gasteiger partial charge in [0, 0.05) is 31.0 Å². The van der Waals surface area contributed by atoms with Crippen LogP contribution in [0.4, 0.5) is 11.4 Å². The highest BCUT2D eigenvalue weighted by Crippen LogP contribution is 2.20. The molecule has 0 radical (unpaired) electrons. The Labute approximate surface area is 189 Å². The molecule has 2 aromatic carbocycles. The topological polar surface area (TPSA) is 87.7 Å². The third kappa shape index (κ3) is 6.83. The zero-order chi connectivity index (χ0) is 22.8. The summed E-state index contributed by atoms with van der Waals surface area (Å²) in [5.74, 6) is -1.88. The predicted molar refractivity (Wildman–Crippen MR) is 125 cm³/mol. The molecular formula is C25H31N3O4. The summed E-state index contributed by atoms with van der Waals surface area (Å²) >= 11 is 0. The first-order chi connectivity index (χ1) is 15.6. The molecule has 0 aliphatic carbocycles. The van der Waals surface area contributed by atoms with Crippen molar-refractivity contribution in [1.29, 1.82) is 0 Å².